The second kappa shape index (κ2) is 8.85. The third-order valence-corrected chi connectivity index (χ3v) is 5.04. The number of methoxy groups -OCH3 is 2. The van der Waals surface area contributed by atoms with Crippen LogP contribution in [0, 0.1) is 6.92 Å². The third-order valence-electron chi connectivity index (χ3n) is 4.23. The van der Waals surface area contributed by atoms with Crippen molar-refractivity contribution in [1.29, 1.82) is 0 Å². The van der Waals surface area contributed by atoms with Crippen LogP contribution in [0.3, 0.4) is 0 Å². The Hall–Kier alpha value is -4.26. The van der Waals surface area contributed by atoms with Gasteiger partial charge < -0.3 is 19.2 Å². The van der Waals surface area contributed by atoms with Crippen LogP contribution in [0.4, 0.5) is 16.6 Å². The van der Waals surface area contributed by atoms with Crippen molar-refractivity contribution in [3.8, 4) is 16.6 Å². The van der Waals surface area contributed by atoms with Crippen molar-refractivity contribution in [2.24, 2.45) is 0 Å². The minimum atomic E-state index is -0.845. The van der Waals surface area contributed by atoms with E-state index >= 15 is 0 Å². The van der Waals surface area contributed by atoms with Crippen molar-refractivity contribution in [1.82, 2.24) is 25.0 Å². The zero-order valence-electron chi connectivity index (χ0n) is 17.1. The van der Waals surface area contributed by atoms with Crippen LogP contribution < -0.4 is 25.7 Å². The first-order chi connectivity index (χ1) is 15.5. The van der Waals surface area contributed by atoms with E-state index in [0.29, 0.717) is 16.7 Å². The molecule has 164 valence electrons. The van der Waals surface area contributed by atoms with Crippen LogP contribution in [0.25, 0.3) is 5.13 Å². The molecule has 0 spiro atoms. The van der Waals surface area contributed by atoms with Crippen molar-refractivity contribution in [3.63, 3.8) is 0 Å². The van der Waals surface area contributed by atoms with Crippen molar-refractivity contribution < 1.29 is 18.7 Å². The Labute approximate surface area is 184 Å². The Morgan fingerprint density at radius 1 is 1.19 bits per heavy atom. The summed E-state index contributed by atoms with van der Waals surface area (Å²) in [6.45, 7) is 1.86. The largest absolute Gasteiger partial charge is 0.493 e. The van der Waals surface area contributed by atoms with Gasteiger partial charge in [0.15, 0.2) is 17.3 Å². The standard InChI is InChI=1S/C19H17N7O5S/c1-10-6-8-21-26(10)19-25-24-18(32-19)23-16(27)13-9-11(14(30-3)17(28)31-13)22-15-12(29-2)5-4-7-20-15/h4-9H,1-3H3,(H,20,22)(H,23,24,27). The van der Waals surface area contributed by atoms with E-state index in [4.69, 9.17) is 13.9 Å². The summed E-state index contributed by atoms with van der Waals surface area (Å²) in [4.78, 5) is 29.3. The quantitative estimate of drug-likeness (QED) is 0.426. The van der Waals surface area contributed by atoms with Gasteiger partial charge in [-0.15, -0.1) is 10.2 Å². The maximum atomic E-state index is 12.7. The molecule has 4 heterocycles. The van der Waals surface area contributed by atoms with Crippen LogP contribution in [-0.4, -0.2) is 45.1 Å². The molecule has 0 aliphatic carbocycles. The van der Waals surface area contributed by atoms with Gasteiger partial charge in [0.1, 0.15) is 0 Å². The number of nitrogens with zero attached hydrogens (tertiary/aromatic N) is 5. The molecular formula is C19H17N7O5S. The molecule has 4 aromatic rings. The maximum absolute atomic E-state index is 12.7. The highest BCUT2D eigenvalue weighted by Gasteiger charge is 2.20. The Balaban J connectivity index is 1.61. The summed E-state index contributed by atoms with van der Waals surface area (Å²) in [5.74, 6) is -0.319. The van der Waals surface area contributed by atoms with Crippen LogP contribution in [0.15, 0.2) is 45.9 Å². The number of anilines is 3. The number of aryl methyl sites for hydroxylation is 1. The fourth-order valence-corrected chi connectivity index (χ4v) is 3.49. The highest BCUT2D eigenvalue weighted by molar-refractivity contribution is 7.17. The number of carbonyl (C=O) groups excluding carboxylic acids is 1. The highest BCUT2D eigenvalue weighted by Crippen LogP contribution is 2.30. The molecule has 0 bridgehead atoms. The molecule has 2 N–H and O–H groups in total. The van der Waals surface area contributed by atoms with Crippen molar-refractivity contribution in [2.45, 2.75) is 6.92 Å². The summed E-state index contributed by atoms with van der Waals surface area (Å²) in [5, 5.41) is 18.3. The molecule has 1 amide bonds. The van der Waals surface area contributed by atoms with Gasteiger partial charge in [-0.05, 0) is 25.1 Å². The topological polar surface area (TPSA) is 146 Å². The monoisotopic (exact) mass is 455 g/mol. The Morgan fingerprint density at radius 2 is 2.03 bits per heavy atom. The predicted octanol–water partition coefficient (Wildman–Crippen LogP) is 2.39. The summed E-state index contributed by atoms with van der Waals surface area (Å²) in [7, 11) is 2.80. The van der Waals surface area contributed by atoms with E-state index in [-0.39, 0.29) is 22.3 Å². The van der Waals surface area contributed by atoms with Crippen molar-refractivity contribution in [2.75, 3.05) is 24.9 Å². The summed E-state index contributed by atoms with van der Waals surface area (Å²) < 4.78 is 17.1. The smallest absolute Gasteiger partial charge is 0.381 e. The molecule has 0 aliphatic heterocycles. The minimum Gasteiger partial charge on any atom is -0.493 e. The summed E-state index contributed by atoms with van der Waals surface area (Å²) in [6, 6.07) is 6.52. The number of aromatic nitrogens is 5. The van der Waals surface area contributed by atoms with Gasteiger partial charge in [0.05, 0.1) is 19.9 Å². The molecular weight excluding hydrogens is 438 g/mol. The normalized spacial score (nSPS) is 10.6. The van der Waals surface area contributed by atoms with Crippen molar-refractivity contribution in [3.05, 3.63) is 58.5 Å². The lowest BCUT2D eigenvalue weighted by molar-refractivity contribution is 0.0991. The number of ether oxygens (including phenoxy) is 2. The molecule has 0 aromatic carbocycles. The molecule has 4 aromatic heterocycles. The fraction of sp³-hybridized carbons (Fsp3) is 0.158. The van der Waals surface area contributed by atoms with Gasteiger partial charge in [-0.2, -0.15) is 5.10 Å². The summed E-state index contributed by atoms with van der Waals surface area (Å²) in [6.07, 6.45) is 3.18. The number of amides is 1. The van der Waals surface area contributed by atoms with Gasteiger partial charge in [-0.1, -0.05) is 11.3 Å². The molecule has 0 saturated heterocycles. The Kier molecular flexibility index (Phi) is 5.81. The van der Waals surface area contributed by atoms with Crippen LogP contribution >= 0.6 is 11.3 Å². The second-order valence-corrected chi connectivity index (χ2v) is 7.21. The average molecular weight is 455 g/mol. The van der Waals surface area contributed by atoms with E-state index in [0.717, 1.165) is 17.0 Å². The molecule has 13 heteroatoms. The fourth-order valence-electron chi connectivity index (χ4n) is 2.74. The molecule has 4 rings (SSSR count). The first-order valence-corrected chi connectivity index (χ1v) is 9.96. The molecule has 12 nitrogen and oxygen atoms in total. The number of hydrogen-bond donors (Lipinski definition) is 2. The lowest BCUT2D eigenvalue weighted by Crippen LogP contribution is -2.17. The second-order valence-electron chi connectivity index (χ2n) is 6.25. The number of nitrogens with one attached hydrogen (secondary N) is 2. The summed E-state index contributed by atoms with van der Waals surface area (Å²) in [5.41, 5.74) is 0.194. The van der Waals surface area contributed by atoms with E-state index in [2.05, 4.69) is 30.9 Å². The average Bonchev–Trinajstić information content (AvgIpc) is 3.42. The minimum absolute atomic E-state index is 0.124. The molecule has 32 heavy (non-hydrogen) atoms. The van der Waals surface area contributed by atoms with Gasteiger partial charge >= 0.3 is 5.63 Å². The van der Waals surface area contributed by atoms with Crippen molar-refractivity contribution >= 4 is 33.9 Å². The van der Waals surface area contributed by atoms with Crippen LogP contribution in [0.2, 0.25) is 0 Å². The van der Waals surface area contributed by atoms with Gasteiger partial charge in [0, 0.05) is 24.2 Å². The predicted molar refractivity (Wildman–Crippen MR) is 115 cm³/mol. The molecule has 0 saturated carbocycles. The molecule has 0 aliphatic rings. The van der Waals surface area contributed by atoms with Gasteiger partial charge in [-0.3, -0.25) is 10.1 Å². The van der Waals surface area contributed by atoms with E-state index in [9.17, 15) is 9.59 Å². The van der Waals surface area contributed by atoms with Crippen LogP contribution in [0.1, 0.15) is 16.2 Å². The third kappa shape index (κ3) is 4.13. The molecule has 0 unspecified atom stereocenters. The molecule has 0 fully saturated rings. The summed E-state index contributed by atoms with van der Waals surface area (Å²) >= 11 is 1.11. The Morgan fingerprint density at radius 3 is 2.75 bits per heavy atom. The SMILES string of the molecule is COc1cccnc1Nc1cc(C(=O)Nc2nnc(-n3nccc3C)s2)oc(=O)c1OC. The first-order valence-electron chi connectivity index (χ1n) is 9.14. The lowest BCUT2D eigenvalue weighted by atomic mass is 10.3. The number of rotatable bonds is 7. The van der Waals surface area contributed by atoms with Crippen LogP contribution in [0.5, 0.6) is 11.5 Å². The van der Waals surface area contributed by atoms with E-state index in [1.54, 1.807) is 29.2 Å². The molecule has 0 radical (unpaired) electrons. The van der Waals surface area contributed by atoms with E-state index in [1.165, 1.54) is 20.3 Å². The highest BCUT2D eigenvalue weighted by atomic mass is 32.1. The number of carbonyl (C=O) groups is 1. The van der Waals surface area contributed by atoms with Gasteiger partial charge in [0.25, 0.3) is 5.91 Å². The number of hydrogen-bond acceptors (Lipinski definition) is 11. The first kappa shape index (κ1) is 21.0. The van der Waals surface area contributed by atoms with Gasteiger partial charge in [-0.25, -0.2) is 14.5 Å². The number of pyridine rings is 1. The lowest BCUT2D eigenvalue weighted by Gasteiger charge is -2.12. The zero-order valence-corrected chi connectivity index (χ0v) is 18.0. The maximum Gasteiger partial charge on any atom is 0.381 e. The molecule has 0 atom stereocenters. The van der Waals surface area contributed by atoms with E-state index in [1.807, 2.05) is 13.0 Å². The van der Waals surface area contributed by atoms with E-state index < -0.39 is 11.5 Å². The van der Waals surface area contributed by atoms with Gasteiger partial charge in [0.2, 0.25) is 16.0 Å². The zero-order chi connectivity index (χ0) is 22.7. The van der Waals surface area contributed by atoms with Crippen LogP contribution in [-0.2, 0) is 0 Å². The Bertz CT molecular complexity index is 1330.